The highest BCUT2D eigenvalue weighted by Crippen LogP contribution is 2.25. The van der Waals surface area contributed by atoms with Crippen LogP contribution in [-0.4, -0.2) is 24.2 Å². The van der Waals surface area contributed by atoms with E-state index < -0.39 is 0 Å². The first-order chi connectivity index (χ1) is 8.48. The molecule has 0 saturated heterocycles. The smallest absolute Gasteiger partial charge is 0.252 e. The van der Waals surface area contributed by atoms with Crippen LogP contribution in [0.1, 0.15) is 46.8 Å². The Bertz CT molecular complexity index is 400. The van der Waals surface area contributed by atoms with Crippen molar-refractivity contribution in [2.45, 2.75) is 40.5 Å². The predicted molar refractivity (Wildman–Crippen MR) is 76.2 cm³/mol. The lowest BCUT2D eigenvalue weighted by atomic mass is 9.83. The molecule has 0 aliphatic carbocycles. The molecular formula is C14H23NO2S. The van der Waals surface area contributed by atoms with Gasteiger partial charge in [-0.15, -0.1) is 11.3 Å². The zero-order chi connectivity index (χ0) is 13.8. The van der Waals surface area contributed by atoms with Gasteiger partial charge in [-0.1, -0.05) is 13.8 Å². The number of aryl methyl sites for hydroxylation is 2. The van der Waals surface area contributed by atoms with Crippen LogP contribution < -0.4 is 5.32 Å². The number of hydrogen-bond donors (Lipinski definition) is 2. The average Bonchev–Trinajstić information content (AvgIpc) is 2.70. The van der Waals surface area contributed by atoms with E-state index in [0.29, 0.717) is 6.54 Å². The molecule has 0 fully saturated rings. The van der Waals surface area contributed by atoms with E-state index in [0.717, 1.165) is 28.2 Å². The van der Waals surface area contributed by atoms with Gasteiger partial charge in [0.25, 0.3) is 5.91 Å². The Kier molecular flexibility index (Phi) is 5.35. The van der Waals surface area contributed by atoms with Gasteiger partial charge in [0, 0.05) is 21.7 Å². The molecule has 0 bridgehead atoms. The van der Waals surface area contributed by atoms with E-state index in [1.165, 1.54) is 0 Å². The number of aliphatic hydroxyl groups is 1. The molecule has 18 heavy (non-hydrogen) atoms. The lowest BCUT2D eigenvalue weighted by Crippen LogP contribution is -2.39. The summed E-state index contributed by atoms with van der Waals surface area (Å²) in [5, 5.41) is 12.4. The molecule has 0 unspecified atom stereocenters. The molecule has 0 radical (unpaired) electrons. The van der Waals surface area contributed by atoms with E-state index >= 15 is 0 Å². The SMILES string of the molecule is CCC(CC)(CO)CNC(=O)c1cc(C)sc1C. The van der Waals surface area contributed by atoms with Gasteiger partial charge < -0.3 is 10.4 Å². The van der Waals surface area contributed by atoms with Crippen LogP contribution in [0.2, 0.25) is 0 Å². The van der Waals surface area contributed by atoms with Crippen molar-refractivity contribution in [3.05, 3.63) is 21.4 Å². The average molecular weight is 269 g/mol. The summed E-state index contributed by atoms with van der Waals surface area (Å²) in [4.78, 5) is 14.3. The maximum Gasteiger partial charge on any atom is 0.252 e. The Hall–Kier alpha value is -0.870. The lowest BCUT2D eigenvalue weighted by Gasteiger charge is -2.29. The predicted octanol–water partition coefficient (Wildman–Crippen LogP) is 2.89. The van der Waals surface area contributed by atoms with E-state index in [2.05, 4.69) is 5.32 Å². The van der Waals surface area contributed by atoms with Crippen LogP contribution in [0.25, 0.3) is 0 Å². The third-order valence-electron chi connectivity index (χ3n) is 3.74. The van der Waals surface area contributed by atoms with Gasteiger partial charge in [-0.25, -0.2) is 0 Å². The van der Waals surface area contributed by atoms with Crippen molar-refractivity contribution in [2.24, 2.45) is 5.41 Å². The number of thiophene rings is 1. The lowest BCUT2D eigenvalue weighted by molar-refractivity contribution is 0.0851. The first kappa shape index (κ1) is 15.2. The standard InChI is InChI=1S/C14H23NO2S/c1-5-14(6-2,9-16)8-15-13(17)12-7-10(3)18-11(12)4/h7,16H,5-6,8-9H2,1-4H3,(H,15,17). The Morgan fingerprint density at radius 2 is 2.00 bits per heavy atom. The fourth-order valence-electron chi connectivity index (χ4n) is 2.00. The second-order valence-corrected chi connectivity index (χ2v) is 6.34. The van der Waals surface area contributed by atoms with Crippen molar-refractivity contribution in [1.82, 2.24) is 5.32 Å². The maximum atomic E-state index is 12.1. The van der Waals surface area contributed by atoms with Crippen LogP contribution in [0, 0.1) is 19.3 Å². The Labute approximate surface area is 113 Å². The minimum Gasteiger partial charge on any atom is -0.396 e. The van der Waals surface area contributed by atoms with Crippen LogP contribution in [0.4, 0.5) is 0 Å². The van der Waals surface area contributed by atoms with Crippen LogP contribution in [0.3, 0.4) is 0 Å². The molecule has 0 saturated carbocycles. The van der Waals surface area contributed by atoms with E-state index in [1.807, 2.05) is 33.8 Å². The molecule has 0 aromatic carbocycles. The molecule has 2 N–H and O–H groups in total. The number of carbonyl (C=O) groups is 1. The molecule has 0 spiro atoms. The Balaban J connectivity index is 2.69. The third kappa shape index (κ3) is 3.33. The molecule has 102 valence electrons. The zero-order valence-corrected chi connectivity index (χ0v) is 12.5. The van der Waals surface area contributed by atoms with Gasteiger partial charge in [0.1, 0.15) is 0 Å². The minimum absolute atomic E-state index is 0.0309. The van der Waals surface area contributed by atoms with E-state index in [-0.39, 0.29) is 17.9 Å². The summed E-state index contributed by atoms with van der Waals surface area (Å²) in [5.74, 6) is -0.0309. The summed E-state index contributed by atoms with van der Waals surface area (Å²) in [6, 6.07) is 1.92. The quantitative estimate of drug-likeness (QED) is 0.834. The number of rotatable bonds is 6. The number of aliphatic hydroxyl groups excluding tert-OH is 1. The fourth-order valence-corrected chi connectivity index (χ4v) is 2.92. The highest BCUT2D eigenvalue weighted by molar-refractivity contribution is 7.12. The molecular weight excluding hydrogens is 246 g/mol. The van der Waals surface area contributed by atoms with Gasteiger partial charge in [-0.2, -0.15) is 0 Å². The molecule has 3 nitrogen and oxygen atoms in total. The molecule has 1 heterocycles. The molecule has 0 aliphatic rings. The molecule has 1 rings (SSSR count). The van der Waals surface area contributed by atoms with Crippen LogP contribution in [0.15, 0.2) is 6.07 Å². The van der Waals surface area contributed by atoms with Crippen molar-refractivity contribution in [3.63, 3.8) is 0 Å². The van der Waals surface area contributed by atoms with Gasteiger partial charge in [0.05, 0.1) is 12.2 Å². The van der Waals surface area contributed by atoms with Crippen molar-refractivity contribution >= 4 is 17.2 Å². The molecule has 1 aromatic rings. The van der Waals surface area contributed by atoms with Crippen LogP contribution in [0.5, 0.6) is 0 Å². The van der Waals surface area contributed by atoms with E-state index in [9.17, 15) is 9.90 Å². The first-order valence-corrected chi connectivity index (χ1v) is 7.25. The van der Waals surface area contributed by atoms with Gasteiger partial charge in [0.2, 0.25) is 0 Å². The summed E-state index contributed by atoms with van der Waals surface area (Å²) in [5.41, 5.74) is 0.575. The van der Waals surface area contributed by atoms with Crippen molar-refractivity contribution in [1.29, 1.82) is 0 Å². The molecule has 0 aliphatic heterocycles. The third-order valence-corrected chi connectivity index (χ3v) is 4.71. The molecule has 4 heteroatoms. The van der Waals surface area contributed by atoms with E-state index in [1.54, 1.807) is 11.3 Å². The topological polar surface area (TPSA) is 49.3 Å². The summed E-state index contributed by atoms with van der Waals surface area (Å²) < 4.78 is 0. The second kappa shape index (κ2) is 6.34. The summed E-state index contributed by atoms with van der Waals surface area (Å²) >= 11 is 1.64. The molecule has 1 aromatic heterocycles. The number of hydrogen-bond acceptors (Lipinski definition) is 3. The fraction of sp³-hybridized carbons (Fsp3) is 0.643. The highest BCUT2D eigenvalue weighted by Gasteiger charge is 2.26. The highest BCUT2D eigenvalue weighted by atomic mass is 32.1. The molecule has 0 atom stereocenters. The van der Waals surface area contributed by atoms with Crippen LogP contribution in [-0.2, 0) is 0 Å². The summed E-state index contributed by atoms with van der Waals surface area (Å²) in [6.07, 6.45) is 1.73. The van der Waals surface area contributed by atoms with Crippen molar-refractivity contribution in [3.8, 4) is 0 Å². The Morgan fingerprint density at radius 3 is 2.39 bits per heavy atom. The number of amides is 1. The van der Waals surface area contributed by atoms with Gasteiger partial charge >= 0.3 is 0 Å². The molecule has 1 amide bonds. The maximum absolute atomic E-state index is 12.1. The van der Waals surface area contributed by atoms with Gasteiger partial charge in [-0.05, 0) is 32.8 Å². The summed E-state index contributed by atoms with van der Waals surface area (Å²) in [7, 11) is 0. The van der Waals surface area contributed by atoms with Crippen molar-refractivity contribution < 1.29 is 9.90 Å². The van der Waals surface area contributed by atoms with Gasteiger partial charge in [0.15, 0.2) is 0 Å². The Morgan fingerprint density at radius 1 is 1.39 bits per heavy atom. The normalized spacial score (nSPS) is 11.6. The summed E-state index contributed by atoms with van der Waals surface area (Å²) in [6.45, 7) is 8.71. The second-order valence-electron chi connectivity index (χ2n) is 4.87. The van der Waals surface area contributed by atoms with Gasteiger partial charge in [-0.3, -0.25) is 4.79 Å². The van der Waals surface area contributed by atoms with E-state index in [4.69, 9.17) is 0 Å². The number of nitrogens with one attached hydrogen (secondary N) is 1. The first-order valence-electron chi connectivity index (χ1n) is 6.44. The number of carbonyl (C=O) groups excluding carboxylic acids is 1. The minimum atomic E-state index is -0.186. The van der Waals surface area contributed by atoms with Crippen molar-refractivity contribution in [2.75, 3.05) is 13.2 Å². The zero-order valence-electron chi connectivity index (χ0n) is 11.7. The van der Waals surface area contributed by atoms with Crippen LogP contribution >= 0.6 is 11.3 Å². The monoisotopic (exact) mass is 269 g/mol. The largest absolute Gasteiger partial charge is 0.396 e.